The summed E-state index contributed by atoms with van der Waals surface area (Å²) in [5.74, 6) is 0.114. The highest BCUT2D eigenvalue weighted by atomic mass is 32.1. The van der Waals surface area contributed by atoms with Crippen molar-refractivity contribution in [2.24, 2.45) is 0 Å². The van der Waals surface area contributed by atoms with Gasteiger partial charge in [-0.15, -0.1) is 11.3 Å². The maximum atomic E-state index is 11.2. The summed E-state index contributed by atoms with van der Waals surface area (Å²) < 4.78 is 0. The first kappa shape index (κ1) is 9.71. The molecule has 76 valence electrons. The lowest BCUT2D eigenvalue weighted by molar-refractivity contribution is -0.115. The van der Waals surface area contributed by atoms with Crippen LogP contribution in [0.5, 0.6) is 0 Å². The van der Waals surface area contributed by atoms with Crippen LogP contribution in [-0.4, -0.2) is 5.91 Å². The minimum atomic E-state index is 0.114. The van der Waals surface area contributed by atoms with Crippen molar-refractivity contribution < 1.29 is 4.79 Å². The normalized spacial score (nSPS) is 14.9. The molecule has 14 heavy (non-hydrogen) atoms. The molecule has 1 aromatic rings. The van der Waals surface area contributed by atoms with Crippen LogP contribution in [0.25, 0.3) is 0 Å². The van der Waals surface area contributed by atoms with Gasteiger partial charge in [-0.05, 0) is 37.3 Å². The zero-order valence-corrected chi connectivity index (χ0v) is 9.25. The summed E-state index contributed by atoms with van der Waals surface area (Å²) in [6, 6.07) is 2.15. The molecule has 0 fully saturated rings. The molecule has 1 amide bonds. The minimum Gasteiger partial charge on any atom is -0.318 e. The molecule has 1 heterocycles. The van der Waals surface area contributed by atoms with Gasteiger partial charge < -0.3 is 5.32 Å². The van der Waals surface area contributed by atoms with Gasteiger partial charge in [-0.2, -0.15) is 0 Å². The van der Waals surface area contributed by atoms with Crippen LogP contribution in [0.2, 0.25) is 0 Å². The minimum absolute atomic E-state index is 0.114. The van der Waals surface area contributed by atoms with E-state index in [1.54, 1.807) is 11.3 Å². The average molecular weight is 209 g/mol. The molecule has 0 aliphatic heterocycles. The summed E-state index contributed by atoms with van der Waals surface area (Å²) in [5.41, 5.74) is 1.45. The topological polar surface area (TPSA) is 29.1 Å². The van der Waals surface area contributed by atoms with Crippen molar-refractivity contribution in [2.45, 2.75) is 39.0 Å². The van der Waals surface area contributed by atoms with Crippen LogP contribution in [0.15, 0.2) is 6.07 Å². The molecule has 3 heteroatoms. The van der Waals surface area contributed by atoms with Gasteiger partial charge in [0.2, 0.25) is 5.91 Å². The van der Waals surface area contributed by atoms with Crippen molar-refractivity contribution in [3.63, 3.8) is 0 Å². The fraction of sp³-hybridized carbons (Fsp3) is 0.545. The lowest BCUT2D eigenvalue weighted by Gasteiger charge is -2.08. The van der Waals surface area contributed by atoms with Crippen molar-refractivity contribution in [1.82, 2.24) is 0 Å². The quantitative estimate of drug-likeness (QED) is 0.797. The Morgan fingerprint density at radius 1 is 1.50 bits per heavy atom. The lowest BCUT2D eigenvalue weighted by atomic mass is 10.00. The highest BCUT2D eigenvalue weighted by Gasteiger charge is 2.13. The molecule has 1 aromatic heterocycles. The predicted molar refractivity (Wildman–Crippen MR) is 59.9 cm³/mol. The first-order valence-corrected chi connectivity index (χ1v) is 6.02. The Morgan fingerprint density at radius 2 is 2.29 bits per heavy atom. The molecule has 0 radical (unpaired) electrons. The zero-order valence-electron chi connectivity index (χ0n) is 8.43. The molecule has 0 bridgehead atoms. The molecule has 1 aliphatic rings. The molecule has 2 nitrogen and oxygen atoms in total. The van der Waals surface area contributed by atoms with Gasteiger partial charge in [-0.3, -0.25) is 4.79 Å². The molecule has 0 aromatic carbocycles. The molecule has 1 aliphatic carbocycles. The zero-order chi connectivity index (χ0) is 9.97. The second kappa shape index (κ2) is 4.13. The van der Waals surface area contributed by atoms with E-state index in [9.17, 15) is 4.79 Å². The van der Waals surface area contributed by atoms with Crippen LogP contribution in [0, 0.1) is 0 Å². The second-order valence-electron chi connectivity index (χ2n) is 3.67. The molecular formula is C11H15NOS. The van der Waals surface area contributed by atoms with Gasteiger partial charge in [0.15, 0.2) is 0 Å². The number of thiophene rings is 1. The smallest absolute Gasteiger partial charge is 0.224 e. The number of aryl methyl sites for hydroxylation is 2. The predicted octanol–water partition coefficient (Wildman–Crippen LogP) is 2.98. The average Bonchev–Trinajstić information content (AvgIpc) is 2.59. The summed E-state index contributed by atoms with van der Waals surface area (Å²) in [6.45, 7) is 1.88. The van der Waals surface area contributed by atoms with Crippen molar-refractivity contribution in [3.8, 4) is 0 Å². The Bertz CT molecular complexity index is 320. The van der Waals surface area contributed by atoms with E-state index in [4.69, 9.17) is 0 Å². The maximum absolute atomic E-state index is 11.2. The van der Waals surface area contributed by atoms with Gasteiger partial charge >= 0.3 is 0 Å². The van der Waals surface area contributed by atoms with Crippen LogP contribution in [0.4, 0.5) is 5.00 Å². The molecule has 0 saturated heterocycles. The second-order valence-corrected chi connectivity index (χ2v) is 4.80. The van der Waals surface area contributed by atoms with Crippen LogP contribution < -0.4 is 5.32 Å². The molecule has 0 atom stereocenters. The third kappa shape index (κ3) is 1.98. The highest BCUT2D eigenvalue weighted by Crippen LogP contribution is 2.32. The summed E-state index contributed by atoms with van der Waals surface area (Å²) in [7, 11) is 0. The first-order chi connectivity index (χ1) is 6.79. The maximum Gasteiger partial charge on any atom is 0.224 e. The van der Waals surface area contributed by atoms with Crippen LogP contribution >= 0.6 is 11.3 Å². The van der Waals surface area contributed by atoms with Gasteiger partial charge in [-0.25, -0.2) is 0 Å². The summed E-state index contributed by atoms with van der Waals surface area (Å²) in [6.07, 6.45) is 5.54. The van der Waals surface area contributed by atoms with Crippen molar-refractivity contribution in [2.75, 3.05) is 5.32 Å². The Labute approximate surface area is 88.3 Å². The van der Waals surface area contributed by atoms with Crippen molar-refractivity contribution in [1.29, 1.82) is 0 Å². The lowest BCUT2D eigenvalue weighted by Crippen LogP contribution is -2.07. The number of amides is 1. The number of fused-ring (bicyclic) bond motifs is 1. The van der Waals surface area contributed by atoms with E-state index >= 15 is 0 Å². The number of carbonyl (C=O) groups excluding carboxylic acids is 1. The van der Waals surface area contributed by atoms with Gasteiger partial charge in [-0.1, -0.05) is 6.92 Å². The molecule has 2 rings (SSSR count). The molecule has 0 unspecified atom stereocenters. The van der Waals surface area contributed by atoms with Crippen LogP contribution in [0.1, 0.15) is 36.6 Å². The molecule has 0 saturated carbocycles. The Morgan fingerprint density at radius 3 is 3.00 bits per heavy atom. The monoisotopic (exact) mass is 209 g/mol. The SMILES string of the molecule is CCC(=O)Nc1cc2c(s1)CCCC2. The first-order valence-electron chi connectivity index (χ1n) is 5.21. The Kier molecular flexibility index (Phi) is 2.87. The van der Waals surface area contributed by atoms with E-state index in [1.807, 2.05) is 6.92 Å². The van der Waals surface area contributed by atoms with Gasteiger partial charge in [0, 0.05) is 11.3 Å². The fourth-order valence-corrected chi connectivity index (χ4v) is 2.95. The van der Waals surface area contributed by atoms with Crippen molar-refractivity contribution in [3.05, 3.63) is 16.5 Å². The van der Waals surface area contributed by atoms with Gasteiger partial charge in [0.1, 0.15) is 0 Å². The summed E-state index contributed by atoms with van der Waals surface area (Å²) in [5, 5.41) is 3.96. The Hall–Kier alpha value is -0.830. The number of hydrogen-bond acceptors (Lipinski definition) is 2. The highest BCUT2D eigenvalue weighted by molar-refractivity contribution is 7.16. The van der Waals surface area contributed by atoms with E-state index in [-0.39, 0.29) is 5.91 Å². The number of carbonyl (C=O) groups is 1. The summed E-state index contributed by atoms with van der Waals surface area (Å²) >= 11 is 1.75. The van der Waals surface area contributed by atoms with E-state index in [0.717, 1.165) is 5.00 Å². The largest absolute Gasteiger partial charge is 0.318 e. The Balaban J connectivity index is 2.12. The molecule has 0 spiro atoms. The third-order valence-electron chi connectivity index (χ3n) is 2.58. The fourth-order valence-electron chi connectivity index (χ4n) is 1.78. The van der Waals surface area contributed by atoms with E-state index in [0.29, 0.717) is 6.42 Å². The number of hydrogen-bond donors (Lipinski definition) is 1. The van der Waals surface area contributed by atoms with Crippen molar-refractivity contribution >= 4 is 22.2 Å². The number of nitrogens with one attached hydrogen (secondary N) is 1. The standard InChI is InChI=1S/C11H15NOS/c1-2-10(13)12-11-7-8-5-3-4-6-9(8)14-11/h7H,2-6H2,1H3,(H,12,13). The number of rotatable bonds is 2. The van der Waals surface area contributed by atoms with E-state index in [1.165, 1.54) is 36.1 Å². The van der Waals surface area contributed by atoms with Gasteiger partial charge in [0.25, 0.3) is 0 Å². The molecule has 1 N–H and O–H groups in total. The van der Waals surface area contributed by atoms with E-state index < -0.39 is 0 Å². The summed E-state index contributed by atoms with van der Waals surface area (Å²) in [4.78, 5) is 12.7. The van der Waals surface area contributed by atoms with Crippen LogP contribution in [0.3, 0.4) is 0 Å². The van der Waals surface area contributed by atoms with Crippen LogP contribution in [-0.2, 0) is 17.6 Å². The van der Waals surface area contributed by atoms with Gasteiger partial charge in [0.05, 0.1) is 5.00 Å². The van der Waals surface area contributed by atoms with E-state index in [2.05, 4.69) is 11.4 Å². The third-order valence-corrected chi connectivity index (χ3v) is 3.73. The number of anilines is 1. The molecular weight excluding hydrogens is 194 g/mol.